The lowest BCUT2D eigenvalue weighted by Gasteiger charge is -2.32. The molecule has 4 heteroatoms. The van der Waals surface area contributed by atoms with Gasteiger partial charge in [0.1, 0.15) is 0 Å². The third-order valence-electron chi connectivity index (χ3n) is 11.2. The molecule has 58 heavy (non-hydrogen) atoms. The van der Waals surface area contributed by atoms with Crippen molar-refractivity contribution < 1.29 is 0 Å². The van der Waals surface area contributed by atoms with Crippen LogP contribution in [0.5, 0.6) is 0 Å². The van der Waals surface area contributed by atoms with E-state index in [9.17, 15) is 0 Å². The van der Waals surface area contributed by atoms with Gasteiger partial charge in [0.2, 0.25) is 0 Å². The van der Waals surface area contributed by atoms with Crippen molar-refractivity contribution in [3.8, 4) is 33.5 Å². The number of pyridine rings is 1. The number of amidine groups is 2. The minimum atomic E-state index is -0.381. The van der Waals surface area contributed by atoms with Crippen LogP contribution in [-0.2, 0) is 0 Å². The van der Waals surface area contributed by atoms with E-state index in [-0.39, 0.29) is 6.17 Å². The predicted octanol–water partition coefficient (Wildman–Crippen LogP) is 14.0. The summed E-state index contributed by atoms with van der Waals surface area (Å²) in [6.45, 7) is 0. The van der Waals surface area contributed by atoms with Gasteiger partial charge in [-0.15, -0.1) is 0 Å². The molecule has 0 fully saturated rings. The zero-order valence-electron chi connectivity index (χ0n) is 31.5. The topological polar surface area (TPSA) is 51.7 Å². The Morgan fingerprint density at radius 1 is 0.379 bits per heavy atom. The maximum absolute atomic E-state index is 5.46. The Bertz CT molecular complexity index is 3240. The van der Waals surface area contributed by atoms with Gasteiger partial charge in [-0.05, 0) is 90.1 Å². The van der Waals surface area contributed by atoms with E-state index < -0.39 is 0 Å². The molecule has 1 atom stereocenters. The maximum atomic E-state index is 5.46. The van der Waals surface area contributed by atoms with E-state index in [4.69, 9.17) is 20.3 Å². The molecule has 0 saturated heterocycles. The summed E-state index contributed by atoms with van der Waals surface area (Å²) in [5, 5.41) is 13.2. The predicted molar refractivity (Wildman–Crippen MR) is 243 cm³/mol. The minimum Gasteiger partial charge on any atom is -0.438 e. The first kappa shape index (κ1) is 33.6. The number of hydrogen-bond donors (Lipinski definition) is 0. The van der Waals surface area contributed by atoms with Crippen LogP contribution in [0.4, 0.5) is 0 Å². The lowest BCUT2D eigenvalue weighted by Crippen LogP contribution is -2.15. The number of benzene rings is 9. The second-order valence-electron chi connectivity index (χ2n) is 14.8. The van der Waals surface area contributed by atoms with E-state index in [1.807, 2.05) is 48.5 Å². The van der Waals surface area contributed by atoms with Crippen molar-refractivity contribution >= 4 is 54.9 Å². The van der Waals surface area contributed by atoms with Crippen LogP contribution in [0.2, 0.25) is 0 Å². The smallest absolute Gasteiger partial charge is 0.0822 e. The Kier molecular flexibility index (Phi) is 8.18. The number of aliphatic imine (C=N–C) groups is 2. The summed E-state index contributed by atoms with van der Waals surface area (Å²) in [6, 6.07) is 72.8. The standard InChI is InChI=1S/C54H35N4/c1-3-15-38(16-4-1)52-56-53(39-17-5-2-6-18-39)58-54(57-52)40-27-25-37(26-28-40)47-33-49-48(43-29-23-35-13-7-9-19-41(35)31-43)34-50(55-51(49)46-22-12-11-21-45(46)47)44-30-24-36-14-8-10-20-42(36)32-44/h1-34,52H/q-1. The van der Waals surface area contributed by atoms with Crippen molar-refractivity contribution in [3.63, 3.8) is 0 Å². The molecular weight excluding hydrogens is 705 g/mol. The van der Waals surface area contributed by atoms with Crippen molar-refractivity contribution in [3.05, 3.63) is 228 Å². The summed E-state index contributed by atoms with van der Waals surface area (Å²) in [6.07, 6.45) is -0.381. The molecule has 272 valence electrons. The monoisotopic (exact) mass is 739 g/mol. The summed E-state index contributed by atoms with van der Waals surface area (Å²) in [5.41, 5.74) is 10.5. The Morgan fingerprint density at radius 2 is 0.931 bits per heavy atom. The third-order valence-corrected chi connectivity index (χ3v) is 11.2. The van der Waals surface area contributed by atoms with Crippen molar-refractivity contribution in [1.82, 2.24) is 4.98 Å². The van der Waals surface area contributed by atoms with Gasteiger partial charge in [0, 0.05) is 16.3 Å². The van der Waals surface area contributed by atoms with Gasteiger partial charge in [-0.25, -0.2) is 4.98 Å². The molecular formula is C54H35N4-. The van der Waals surface area contributed by atoms with Crippen LogP contribution in [0.25, 0.3) is 82.0 Å². The van der Waals surface area contributed by atoms with Gasteiger partial charge < -0.3 is 10.3 Å². The first-order valence-electron chi connectivity index (χ1n) is 19.7. The molecule has 11 rings (SSSR count). The summed E-state index contributed by atoms with van der Waals surface area (Å²) in [5.74, 6) is 1.35. The van der Waals surface area contributed by atoms with Crippen molar-refractivity contribution in [2.75, 3.05) is 0 Å². The fourth-order valence-corrected chi connectivity index (χ4v) is 8.24. The first-order valence-corrected chi connectivity index (χ1v) is 19.7. The van der Waals surface area contributed by atoms with Crippen LogP contribution in [0.15, 0.2) is 216 Å². The van der Waals surface area contributed by atoms with Gasteiger partial charge in [-0.3, -0.25) is 4.99 Å². The fraction of sp³-hybridized carbons (Fsp3) is 0.0185. The van der Waals surface area contributed by atoms with Crippen LogP contribution < -0.4 is 0 Å². The molecule has 0 radical (unpaired) electrons. The highest BCUT2D eigenvalue weighted by Gasteiger charge is 2.18. The van der Waals surface area contributed by atoms with E-state index in [2.05, 4.69) is 158 Å². The molecule has 1 aromatic heterocycles. The second kappa shape index (κ2) is 14.1. The first-order chi connectivity index (χ1) is 28.7. The van der Waals surface area contributed by atoms with Gasteiger partial charge in [0.25, 0.3) is 0 Å². The number of fused-ring (bicyclic) bond motifs is 5. The lowest BCUT2D eigenvalue weighted by atomic mass is 9.90. The average Bonchev–Trinajstić information content (AvgIpc) is 3.31. The van der Waals surface area contributed by atoms with E-state index in [1.54, 1.807) is 0 Å². The molecule has 9 aromatic carbocycles. The van der Waals surface area contributed by atoms with Crippen LogP contribution in [0, 0.1) is 0 Å². The number of nitrogens with zero attached hydrogens (tertiary/aromatic N) is 4. The van der Waals surface area contributed by atoms with Gasteiger partial charge in [0.15, 0.2) is 0 Å². The van der Waals surface area contributed by atoms with Crippen LogP contribution >= 0.6 is 0 Å². The van der Waals surface area contributed by atoms with Gasteiger partial charge in [-0.2, -0.15) is 0 Å². The average molecular weight is 740 g/mol. The highest BCUT2D eigenvalue weighted by molar-refractivity contribution is 6.19. The lowest BCUT2D eigenvalue weighted by molar-refractivity contribution is 0.878. The quantitative estimate of drug-likeness (QED) is 0.157. The summed E-state index contributed by atoms with van der Waals surface area (Å²) in [4.78, 5) is 15.5. The number of rotatable bonds is 6. The van der Waals surface area contributed by atoms with E-state index in [1.165, 1.54) is 21.5 Å². The number of aromatic nitrogens is 1. The zero-order chi connectivity index (χ0) is 38.4. The van der Waals surface area contributed by atoms with E-state index >= 15 is 0 Å². The molecule has 2 heterocycles. The maximum Gasteiger partial charge on any atom is 0.0822 e. The molecule has 0 N–H and O–H groups in total. The highest BCUT2D eigenvalue weighted by Crippen LogP contribution is 2.41. The second-order valence-corrected chi connectivity index (χ2v) is 14.8. The zero-order valence-corrected chi connectivity index (χ0v) is 31.5. The highest BCUT2D eigenvalue weighted by atomic mass is 15.2. The normalized spacial score (nSPS) is 14.0. The minimum absolute atomic E-state index is 0.381. The molecule has 1 unspecified atom stereocenters. The fourth-order valence-electron chi connectivity index (χ4n) is 8.24. The van der Waals surface area contributed by atoms with Crippen molar-refractivity contribution in [2.24, 2.45) is 9.98 Å². The Hall–Kier alpha value is -7.69. The molecule has 0 aliphatic carbocycles. The Morgan fingerprint density at radius 3 is 1.66 bits per heavy atom. The summed E-state index contributed by atoms with van der Waals surface area (Å²) < 4.78 is 0. The molecule has 1 aliphatic heterocycles. The molecule has 0 spiro atoms. The van der Waals surface area contributed by atoms with Crippen molar-refractivity contribution in [1.29, 1.82) is 0 Å². The molecule has 1 aliphatic rings. The number of hydrogen-bond acceptors (Lipinski definition) is 3. The van der Waals surface area contributed by atoms with E-state index in [0.717, 1.165) is 71.9 Å². The summed E-state index contributed by atoms with van der Waals surface area (Å²) in [7, 11) is 0. The third kappa shape index (κ3) is 6.08. The van der Waals surface area contributed by atoms with Crippen LogP contribution in [0.3, 0.4) is 0 Å². The van der Waals surface area contributed by atoms with Crippen LogP contribution in [0.1, 0.15) is 22.9 Å². The van der Waals surface area contributed by atoms with Gasteiger partial charge in [-0.1, -0.05) is 188 Å². The van der Waals surface area contributed by atoms with Crippen molar-refractivity contribution in [2.45, 2.75) is 6.17 Å². The van der Waals surface area contributed by atoms with Crippen LogP contribution in [-0.4, -0.2) is 16.7 Å². The van der Waals surface area contributed by atoms with E-state index in [0.29, 0.717) is 11.7 Å². The molecule has 0 amide bonds. The largest absolute Gasteiger partial charge is 0.438 e. The summed E-state index contributed by atoms with van der Waals surface area (Å²) >= 11 is 0. The molecule has 0 bridgehead atoms. The Labute approximate surface area is 336 Å². The SMILES string of the molecule is c1ccc(C2=NC(c3ccc(-c4cc5c(-c6ccc7ccccc7c6)cc(-c6ccc7ccccc7c6)nc5c5ccccc45)cc3)=NC(c3ccccc3)[N-]2)cc1. The molecule has 4 nitrogen and oxygen atoms in total. The van der Waals surface area contributed by atoms with Gasteiger partial charge >= 0.3 is 0 Å². The van der Waals surface area contributed by atoms with Gasteiger partial charge in [0.05, 0.1) is 23.2 Å². The Balaban J connectivity index is 1.08. The molecule has 0 saturated carbocycles. The molecule has 10 aromatic rings.